The number of hydrazine groups is 1. The standard InChI is InChI=1S/C46H63N7O6S/c1-7-51-38-14-11-27-18-33(38)35(41(51)34-19-29(21-48-40(34)26(3)56-6)28-16-31-22-57-23-32(17-28)53(31)30-12-13-30)20-46(4,5)25-59-45(55)36-10-9-15-52(50-36)44(54)39(47)42(58-8-2)43-49-37(27)24-60-43/h11,14,18-19,21,26,28,30-32,36-37,39,42,50H,7-10,12-13,15-17,20,22-25,47H2,1-6H3/t26-,28-,31+,32-,36-,37?,39-,42-/m0/s1. The minimum absolute atomic E-state index is 0.134. The van der Waals surface area contributed by atoms with E-state index < -0.39 is 23.6 Å². The maximum Gasteiger partial charge on any atom is 0.324 e. The number of cyclic esters (lactones) is 1. The molecule has 60 heavy (non-hydrogen) atoms. The number of nitrogens with one attached hydrogen (secondary N) is 1. The second-order valence-electron chi connectivity index (χ2n) is 18.6. The topological polar surface area (TPSA) is 146 Å². The van der Waals surface area contributed by atoms with E-state index in [0.29, 0.717) is 56.2 Å². The summed E-state index contributed by atoms with van der Waals surface area (Å²) in [6, 6.07) is 8.99. The minimum atomic E-state index is -0.989. The van der Waals surface area contributed by atoms with Crippen molar-refractivity contribution >= 4 is 39.6 Å². The summed E-state index contributed by atoms with van der Waals surface area (Å²) in [5.41, 5.74) is 17.3. The number of aromatic nitrogens is 2. The number of pyridine rings is 1. The number of esters is 1. The predicted octanol–water partition coefficient (Wildman–Crippen LogP) is 6.08. The van der Waals surface area contributed by atoms with Crippen LogP contribution in [0.2, 0.25) is 0 Å². The summed E-state index contributed by atoms with van der Waals surface area (Å²) in [6.45, 7) is 13.9. The number of rotatable bonds is 8. The first-order valence-electron chi connectivity index (χ1n) is 22.3. The molecule has 2 aromatic heterocycles. The van der Waals surface area contributed by atoms with Crippen LogP contribution in [0.3, 0.4) is 0 Å². The van der Waals surface area contributed by atoms with E-state index in [9.17, 15) is 9.59 Å². The highest BCUT2D eigenvalue weighted by atomic mass is 32.2. The highest BCUT2D eigenvalue weighted by molar-refractivity contribution is 8.14. The zero-order valence-electron chi connectivity index (χ0n) is 36.2. The number of nitrogens with two attached hydrogens (primary N) is 1. The molecule has 13 nitrogen and oxygen atoms in total. The Labute approximate surface area is 358 Å². The molecular weight excluding hydrogens is 779 g/mol. The van der Waals surface area contributed by atoms with E-state index >= 15 is 0 Å². The Hall–Kier alpha value is -3.37. The van der Waals surface area contributed by atoms with Crippen molar-refractivity contribution in [1.29, 1.82) is 0 Å². The summed E-state index contributed by atoms with van der Waals surface area (Å²) in [7, 11) is 1.76. The van der Waals surface area contributed by atoms with Gasteiger partial charge in [0.15, 0.2) is 0 Å². The van der Waals surface area contributed by atoms with E-state index in [2.05, 4.69) is 73.1 Å². The van der Waals surface area contributed by atoms with Gasteiger partial charge in [-0.1, -0.05) is 19.9 Å². The summed E-state index contributed by atoms with van der Waals surface area (Å²) in [5.74, 6) is 0.410. The maximum atomic E-state index is 13.8. The van der Waals surface area contributed by atoms with E-state index in [1.807, 2.05) is 6.92 Å². The van der Waals surface area contributed by atoms with Gasteiger partial charge in [-0.2, -0.15) is 0 Å². The molecule has 6 aliphatic rings. The predicted molar refractivity (Wildman–Crippen MR) is 234 cm³/mol. The number of carbonyl (C=O) groups is 2. The first kappa shape index (κ1) is 42.0. The number of methoxy groups -OCH3 is 1. The Balaban J connectivity index is 1.18. The van der Waals surface area contributed by atoms with Crippen LogP contribution in [-0.2, 0) is 41.5 Å². The average Bonchev–Trinajstić information content (AvgIpc) is 3.91. The number of fused-ring (bicyclic) bond motifs is 7. The van der Waals surface area contributed by atoms with Crippen LogP contribution in [0.1, 0.15) is 114 Å². The van der Waals surface area contributed by atoms with E-state index in [-0.39, 0.29) is 30.6 Å². The third-order valence-electron chi connectivity index (χ3n) is 13.7. The van der Waals surface area contributed by atoms with E-state index in [4.69, 9.17) is 34.7 Å². The molecule has 3 saturated heterocycles. The van der Waals surface area contributed by atoms with Gasteiger partial charge in [-0.05, 0) is 107 Å². The Morgan fingerprint density at radius 3 is 2.57 bits per heavy atom. The van der Waals surface area contributed by atoms with Gasteiger partial charge in [0.25, 0.3) is 5.91 Å². The van der Waals surface area contributed by atoms with Crippen molar-refractivity contribution in [2.75, 3.05) is 45.8 Å². The number of carbonyl (C=O) groups excluding carboxylic acids is 2. The number of ether oxygens (including phenoxy) is 4. The first-order chi connectivity index (χ1) is 29.0. The molecule has 1 saturated carbocycles. The summed E-state index contributed by atoms with van der Waals surface area (Å²) < 4.78 is 26.9. The van der Waals surface area contributed by atoms with Crippen molar-refractivity contribution in [3.8, 4) is 11.3 Å². The van der Waals surface area contributed by atoms with E-state index in [1.165, 1.54) is 29.0 Å². The summed E-state index contributed by atoms with van der Waals surface area (Å²) in [4.78, 5) is 40.9. The normalized spacial score (nSPS) is 30.6. The number of thioether (sulfide) groups is 1. The highest BCUT2D eigenvalue weighted by Crippen LogP contribution is 2.47. The molecule has 1 aliphatic carbocycles. The number of amides is 1. The molecule has 0 spiro atoms. The van der Waals surface area contributed by atoms with Gasteiger partial charge >= 0.3 is 5.97 Å². The lowest BCUT2D eigenvalue weighted by Crippen LogP contribution is -2.61. The fourth-order valence-electron chi connectivity index (χ4n) is 10.5. The number of piperidine rings is 1. The molecule has 1 unspecified atom stereocenters. The first-order valence-corrected chi connectivity index (χ1v) is 23.3. The van der Waals surface area contributed by atoms with Crippen molar-refractivity contribution in [2.45, 2.75) is 140 Å². The zero-order chi connectivity index (χ0) is 41.9. The number of benzene rings is 1. The molecule has 4 fully saturated rings. The fourth-order valence-corrected chi connectivity index (χ4v) is 11.7. The second-order valence-corrected chi connectivity index (χ2v) is 19.6. The molecule has 9 rings (SSSR count). The number of morpholine rings is 1. The van der Waals surface area contributed by atoms with Gasteiger partial charge in [0.05, 0.1) is 48.4 Å². The number of aryl methyl sites for hydroxylation is 1. The van der Waals surface area contributed by atoms with Crippen LogP contribution in [-0.4, -0.2) is 119 Å². The Kier molecular flexibility index (Phi) is 11.9. The van der Waals surface area contributed by atoms with Gasteiger partial charge in [-0.3, -0.25) is 29.5 Å². The minimum Gasteiger partial charge on any atom is -0.464 e. The third-order valence-corrected chi connectivity index (χ3v) is 14.8. The molecule has 1 aromatic carbocycles. The lowest BCUT2D eigenvalue weighted by atomic mass is 9.80. The third kappa shape index (κ3) is 7.94. The fraction of sp³-hybridized carbons (Fsp3) is 0.652. The molecule has 7 heterocycles. The van der Waals surface area contributed by atoms with Crippen molar-refractivity contribution in [2.24, 2.45) is 16.1 Å². The SMILES string of the molecule is CCO[C@@H]1C2=NC(CS2)c2ccc3c(c2)c(c(-c2cc([C@@H]4C[C@H]5COC[C@@H](C4)N5C4CC4)cnc2[C@H](C)OC)n3CC)CC(C)(C)COC(=O)[C@@H]2CCCN(N2)C(=O)[C@H]1N. The van der Waals surface area contributed by atoms with Gasteiger partial charge in [-0.15, -0.1) is 11.8 Å². The number of hydrogen-bond donors (Lipinski definition) is 2. The number of nitrogens with zero attached hydrogens (tertiary/aromatic N) is 5. The van der Waals surface area contributed by atoms with Gasteiger partial charge in [0.1, 0.15) is 18.2 Å². The molecule has 8 atom stereocenters. The molecule has 3 N–H and O–H groups in total. The quantitative estimate of drug-likeness (QED) is 0.255. The lowest BCUT2D eigenvalue weighted by molar-refractivity contribution is -0.155. The van der Waals surface area contributed by atoms with Gasteiger partial charge < -0.3 is 29.2 Å². The summed E-state index contributed by atoms with van der Waals surface area (Å²) in [5, 5.41) is 3.36. The highest BCUT2D eigenvalue weighted by Gasteiger charge is 2.46. The number of hydrogen-bond acceptors (Lipinski definition) is 12. The smallest absolute Gasteiger partial charge is 0.324 e. The largest absolute Gasteiger partial charge is 0.464 e. The van der Waals surface area contributed by atoms with Crippen molar-refractivity contribution in [3.05, 3.63) is 52.8 Å². The van der Waals surface area contributed by atoms with E-state index in [1.54, 1.807) is 18.9 Å². The molecule has 1 amide bonds. The average molecular weight is 842 g/mol. The van der Waals surface area contributed by atoms with Crippen LogP contribution >= 0.6 is 11.8 Å². The Morgan fingerprint density at radius 1 is 1.07 bits per heavy atom. The van der Waals surface area contributed by atoms with E-state index in [0.717, 1.165) is 77.1 Å². The van der Waals surface area contributed by atoms with Crippen LogP contribution in [0.15, 0.2) is 35.5 Å². The Morgan fingerprint density at radius 2 is 1.85 bits per heavy atom. The van der Waals surface area contributed by atoms with Crippen LogP contribution in [0.25, 0.3) is 22.2 Å². The van der Waals surface area contributed by atoms with Crippen LogP contribution < -0.4 is 11.2 Å². The summed E-state index contributed by atoms with van der Waals surface area (Å²) >= 11 is 1.61. The molecule has 0 radical (unpaired) electrons. The second kappa shape index (κ2) is 17.1. The molecular formula is C46H63N7O6S. The van der Waals surface area contributed by atoms with Crippen molar-refractivity contribution < 1.29 is 28.5 Å². The monoisotopic (exact) mass is 841 g/mol. The van der Waals surface area contributed by atoms with Crippen molar-refractivity contribution in [1.82, 2.24) is 24.9 Å². The van der Waals surface area contributed by atoms with Crippen LogP contribution in [0.5, 0.6) is 0 Å². The van der Waals surface area contributed by atoms with Gasteiger partial charge in [0.2, 0.25) is 0 Å². The Bertz CT molecular complexity index is 2120. The lowest BCUT2D eigenvalue weighted by Gasteiger charge is -2.49. The number of aliphatic imine (C=N–C) groups is 1. The molecule has 8 bridgehead atoms. The van der Waals surface area contributed by atoms with Crippen molar-refractivity contribution in [3.63, 3.8) is 0 Å². The summed E-state index contributed by atoms with van der Waals surface area (Å²) in [6.07, 6.45) is 7.78. The van der Waals surface area contributed by atoms with Crippen LogP contribution in [0, 0.1) is 5.41 Å². The zero-order valence-corrected chi connectivity index (χ0v) is 37.0. The maximum absolute atomic E-state index is 13.8. The molecule has 3 aromatic rings. The molecule has 324 valence electrons. The molecule has 14 heteroatoms. The van der Waals surface area contributed by atoms with Crippen LogP contribution in [0.4, 0.5) is 0 Å². The van der Waals surface area contributed by atoms with Gasteiger partial charge in [0, 0.05) is 78.8 Å². The molecule has 5 aliphatic heterocycles. The van der Waals surface area contributed by atoms with Gasteiger partial charge in [-0.25, -0.2) is 5.43 Å².